The summed E-state index contributed by atoms with van der Waals surface area (Å²) in [7, 11) is 0. The Kier molecular flexibility index (Phi) is 3.09. The number of nitrogens with one attached hydrogen (secondary N) is 1. The molecule has 0 saturated carbocycles. The Balaban J connectivity index is 1.89. The molecule has 1 N–H and O–H groups in total. The third-order valence-electron chi connectivity index (χ3n) is 2.20. The van der Waals surface area contributed by atoms with Crippen LogP contribution in [0.3, 0.4) is 0 Å². The maximum absolute atomic E-state index is 5.29. The molecule has 0 amide bonds. The quantitative estimate of drug-likeness (QED) is 0.824. The second kappa shape index (κ2) is 4.70. The van der Waals surface area contributed by atoms with E-state index in [9.17, 15) is 0 Å². The Morgan fingerprint density at radius 2 is 2.20 bits per heavy atom. The fraction of sp³-hybridized carbons (Fsp3) is 0.273. The summed E-state index contributed by atoms with van der Waals surface area (Å²) in [5.41, 5.74) is 1.07. The van der Waals surface area contributed by atoms with Crippen LogP contribution in [0.4, 0.5) is 0 Å². The fourth-order valence-electron chi connectivity index (χ4n) is 1.33. The van der Waals surface area contributed by atoms with Crippen molar-refractivity contribution >= 4 is 0 Å². The molecule has 0 bridgehead atoms. The number of aromatic nitrogens is 2. The van der Waals surface area contributed by atoms with Gasteiger partial charge in [-0.25, -0.2) is 9.97 Å². The lowest BCUT2D eigenvalue weighted by Crippen LogP contribution is -2.17. The van der Waals surface area contributed by atoms with Crippen LogP contribution in [0.15, 0.2) is 41.5 Å². The molecule has 2 aromatic heterocycles. The van der Waals surface area contributed by atoms with Gasteiger partial charge in [0, 0.05) is 24.5 Å². The lowest BCUT2D eigenvalue weighted by Gasteiger charge is -2.10. The highest BCUT2D eigenvalue weighted by Crippen LogP contribution is 2.12. The van der Waals surface area contributed by atoms with Crippen molar-refractivity contribution in [2.75, 3.05) is 0 Å². The summed E-state index contributed by atoms with van der Waals surface area (Å²) >= 11 is 0. The van der Waals surface area contributed by atoms with E-state index in [1.54, 1.807) is 18.7 Å². The molecule has 0 spiro atoms. The van der Waals surface area contributed by atoms with E-state index in [0.717, 1.165) is 17.9 Å². The van der Waals surface area contributed by atoms with Crippen LogP contribution in [0.5, 0.6) is 0 Å². The molecule has 0 aromatic carbocycles. The summed E-state index contributed by atoms with van der Waals surface area (Å²) in [6, 6.07) is 4.04. The third kappa shape index (κ3) is 2.63. The van der Waals surface area contributed by atoms with E-state index in [1.165, 1.54) is 6.33 Å². The number of nitrogens with zero attached hydrogens (tertiary/aromatic N) is 2. The number of furan rings is 1. The van der Waals surface area contributed by atoms with E-state index in [0.29, 0.717) is 0 Å². The zero-order valence-electron chi connectivity index (χ0n) is 8.55. The van der Waals surface area contributed by atoms with Crippen LogP contribution >= 0.6 is 0 Å². The molecule has 4 heteroatoms. The Morgan fingerprint density at radius 1 is 1.40 bits per heavy atom. The number of rotatable bonds is 4. The largest absolute Gasteiger partial charge is 0.468 e. The molecule has 2 aromatic rings. The van der Waals surface area contributed by atoms with Crippen LogP contribution in [0.2, 0.25) is 0 Å². The van der Waals surface area contributed by atoms with Gasteiger partial charge in [0.1, 0.15) is 12.1 Å². The molecule has 78 valence electrons. The second-order valence-corrected chi connectivity index (χ2v) is 3.36. The van der Waals surface area contributed by atoms with Gasteiger partial charge in [-0.2, -0.15) is 0 Å². The van der Waals surface area contributed by atoms with Crippen molar-refractivity contribution in [3.05, 3.63) is 48.4 Å². The van der Waals surface area contributed by atoms with Gasteiger partial charge in [-0.3, -0.25) is 0 Å². The predicted molar refractivity (Wildman–Crippen MR) is 56.0 cm³/mol. The number of hydrogen-bond acceptors (Lipinski definition) is 4. The van der Waals surface area contributed by atoms with Gasteiger partial charge in [0.25, 0.3) is 0 Å². The van der Waals surface area contributed by atoms with Crippen molar-refractivity contribution in [3.8, 4) is 0 Å². The summed E-state index contributed by atoms with van der Waals surface area (Å²) in [6.45, 7) is 2.80. The van der Waals surface area contributed by atoms with Crippen LogP contribution in [0.1, 0.15) is 24.3 Å². The van der Waals surface area contributed by atoms with Crippen LogP contribution < -0.4 is 5.32 Å². The van der Waals surface area contributed by atoms with Gasteiger partial charge in [-0.1, -0.05) is 0 Å². The van der Waals surface area contributed by atoms with Gasteiger partial charge in [-0.15, -0.1) is 0 Å². The van der Waals surface area contributed by atoms with E-state index < -0.39 is 0 Å². The van der Waals surface area contributed by atoms with E-state index >= 15 is 0 Å². The van der Waals surface area contributed by atoms with E-state index in [1.807, 2.05) is 12.1 Å². The normalized spacial score (nSPS) is 12.6. The first kappa shape index (κ1) is 9.86. The lowest BCUT2D eigenvalue weighted by atomic mass is 10.2. The number of hydrogen-bond donors (Lipinski definition) is 1. The smallest absolute Gasteiger partial charge is 0.120 e. The Morgan fingerprint density at radius 3 is 2.87 bits per heavy atom. The van der Waals surface area contributed by atoms with Crippen molar-refractivity contribution in [2.45, 2.75) is 19.5 Å². The van der Waals surface area contributed by atoms with E-state index in [-0.39, 0.29) is 6.04 Å². The highest BCUT2D eigenvalue weighted by molar-refractivity contribution is 5.06. The molecule has 0 unspecified atom stereocenters. The maximum Gasteiger partial charge on any atom is 0.120 e. The summed E-state index contributed by atoms with van der Waals surface area (Å²) in [5, 5.41) is 3.33. The molecule has 2 rings (SSSR count). The molecule has 0 aliphatic carbocycles. The first-order chi connectivity index (χ1) is 7.36. The minimum absolute atomic E-state index is 0.195. The zero-order chi connectivity index (χ0) is 10.5. The Hall–Kier alpha value is -1.68. The van der Waals surface area contributed by atoms with Gasteiger partial charge < -0.3 is 9.73 Å². The van der Waals surface area contributed by atoms with Crippen LogP contribution in [-0.4, -0.2) is 9.97 Å². The summed E-state index contributed by atoms with van der Waals surface area (Å²) in [6.07, 6.45) is 6.81. The molecule has 2 heterocycles. The van der Waals surface area contributed by atoms with Crippen molar-refractivity contribution in [3.63, 3.8) is 0 Å². The highest BCUT2D eigenvalue weighted by Gasteiger charge is 2.06. The van der Waals surface area contributed by atoms with Crippen LogP contribution in [-0.2, 0) is 6.54 Å². The zero-order valence-corrected chi connectivity index (χ0v) is 8.55. The molecular weight excluding hydrogens is 190 g/mol. The van der Waals surface area contributed by atoms with Crippen molar-refractivity contribution < 1.29 is 4.42 Å². The summed E-state index contributed by atoms with van der Waals surface area (Å²) in [4.78, 5) is 7.90. The summed E-state index contributed by atoms with van der Waals surface area (Å²) < 4.78 is 5.29. The van der Waals surface area contributed by atoms with Gasteiger partial charge in [0.15, 0.2) is 0 Å². The van der Waals surface area contributed by atoms with Gasteiger partial charge in [0.05, 0.1) is 12.3 Å². The Labute approximate surface area is 88.4 Å². The van der Waals surface area contributed by atoms with Crippen LogP contribution in [0, 0.1) is 0 Å². The first-order valence-corrected chi connectivity index (χ1v) is 4.87. The average Bonchev–Trinajstić information content (AvgIpc) is 2.81. The monoisotopic (exact) mass is 203 g/mol. The topological polar surface area (TPSA) is 51.0 Å². The molecule has 0 aliphatic heterocycles. The molecule has 1 atom stereocenters. The molecule has 15 heavy (non-hydrogen) atoms. The van der Waals surface area contributed by atoms with Gasteiger partial charge >= 0.3 is 0 Å². The van der Waals surface area contributed by atoms with Crippen molar-refractivity contribution in [1.82, 2.24) is 15.3 Å². The average molecular weight is 203 g/mol. The first-order valence-electron chi connectivity index (χ1n) is 4.87. The fourth-order valence-corrected chi connectivity index (χ4v) is 1.33. The van der Waals surface area contributed by atoms with Gasteiger partial charge in [0.2, 0.25) is 0 Å². The highest BCUT2D eigenvalue weighted by atomic mass is 16.3. The summed E-state index contributed by atoms with van der Waals surface area (Å²) in [5.74, 6) is 0.937. The predicted octanol–water partition coefficient (Wildman–Crippen LogP) is 1.92. The van der Waals surface area contributed by atoms with Crippen molar-refractivity contribution in [2.24, 2.45) is 0 Å². The molecule has 4 nitrogen and oxygen atoms in total. The van der Waals surface area contributed by atoms with E-state index in [2.05, 4.69) is 22.2 Å². The molecule has 0 aliphatic rings. The van der Waals surface area contributed by atoms with Crippen LogP contribution in [0.25, 0.3) is 0 Å². The standard InChI is InChI=1S/C11H13N3O/c1-9(11-3-2-4-15-11)14-7-10-5-12-8-13-6-10/h2-6,8-9,14H,7H2,1H3/t9-/m0/s1. The molecule has 0 fully saturated rings. The van der Waals surface area contributed by atoms with Crippen molar-refractivity contribution in [1.29, 1.82) is 0 Å². The molecule has 0 saturated heterocycles. The molecule has 0 radical (unpaired) electrons. The third-order valence-corrected chi connectivity index (χ3v) is 2.20. The van der Waals surface area contributed by atoms with Gasteiger partial charge in [-0.05, 0) is 19.1 Å². The Bertz CT molecular complexity index is 385. The maximum atomic E-state index is 5.29. The lowest BCUT2D eigenvalue weighted by molar-refractivity contribution is 0.430. The molecular formula is C11H13N3O. The minimum atomic E-state index is 0.195. The second-order valence-electron chi connectivity index (χ2n) is 3.36. The van der Waals surface area contributed by atoms with E-state index in [4.69, 9.17) is 4.42 Å². The minimum Gasteiger partial charge on any atom is -0.468 e. The SMILES string of the molecule is C[C@H](NCc1cncnc1)c1ccco1.